The number of nitrogens with two attached hydrogens (primary N) is 1. The molecule has 102 valence electrons. The zero-order chi connectivity index (χ0) is 12.6. The summed E-state index contributed by atoms with van der Waals surface area (Å²) >= 11 is 0. The minimum Gasteiger partial charge on any atom is -0.380 e. The molecule has 0 aliphatic heterocycles. The molecule has 1 rings (SSSR count). The summed E-state index contributed by atoms with van der Waals surface area (Å²) in [7, 11) is 2.20. The van der Waals surface area contributed by atoms with Crippen LogP contribution in [0, 0.1) is 5.41 Å². The molecule has 1 aliphatic carbocycles. The van der Waals surface area contributed by atoms with Crippen LogP contribution in [0.2, 0.25) is 0 Å². The van der Waals surface area contributed by atoms with Crippen molar-refractivity contribution >= 4 is 0 Å². The third-order valence-electron chi connectivity index (χ3n) is 4.02. The van der Waals surface area contributed by atoms with Crippen molar-refractivity contribution in [3.8, 4) is 0 Å². The Morgan fingerprint density at radius 2 is 1.82 bits per heavy atom. The van der Waals surface area contributed by atoms with Gasteiger partial charge in [-0.25, -0.2) is 0 Å². The zero-order valence-corrected chi connectivity index (χ0v) is 11.7. The number of nitrogens with zero attached hydrogens (tertiary/aromatic N) is 1. The van der Waals surface area contributed by atoms with Crippen LogP contribution in [0.3, 0.4) is 0 Å². The Balaban J connectivity index is 2.37. The fraction of sp³-hybridized carbons (Fsp3) is 1.00. The Kier molecular flexibility index (Phi) is 7.09. The average molecular weight is 242 g/mol. The molecular weight excluding hydrogens is 212 g/mol. The lowest BCUT2D eigenvalue weighted by Crippen LogP contribution is -2.42. The second-order valence-corrected chi connectivity index (χ2v) is 5.55. The fourth-order valence-electron chi connectivity index (χ4n) is 2.92. The summed E-state index contributed by atoms with van der Waals surface area (Å²) in [5.74, 6) is 0. The Hall–Kier alpha value is -0.120. The molecule has 1 saturated carbocycles. The third-order valence-corrected chi connectivity index (χ3v) is 4.02. The van der Waals surface area contributed by atoms with Gasteiger partial charge in [-0.15, -0.1) is 0 Å². The van der Waals surface area contributed by atoms with Crippen LogP contribution in [0.4, 0.5) is 0 Å². The van der Waals surface area contributed by atoms with E-state index in [1.807, 2.05) is 6.92 Å². The summed E-state index contributed by atoms with van der Waals surface area (Å²) in [6.45, 7) is 6.70. The van der Waals surface area contributed by atoms with Gasteiger partial charge in [0.05, 0.1) is 6.61 Å². The SMILES string of the molecule is CCOCCN(C)CC1(CN)CCCCCC1. The lowest BCUT2D eigenvalue weighted by atomic mass is 9.80. The van der Waals surface area contributed by atoms with Crippen molar-refractivity contribution in [3.63, 3.8) is 0 Å². The molecule has 0 radical (unpaired) electrons. The van der Waals surface area contributed by atoms with E-state index in [1.54, 1.807) is 0 Å². The van der Waals surface area contributed by atoms with Gasteiger partial charge in [0.25, 0.3) is 0 Å². The summed E-state index contributed by atoms with van der Waals surface area (Å²) in [6, 6.07) is 0. The van der Waals surface area contributed by atoms with Crippen molar-refractivity contribution in [1.82, 2.24) is 4.90 Å². The highest BCUT2D eigenvalue weighted by molar-refractivity contribution is 4.85. The predicted octanol–water partition coefficient (Wildman–Crippen LogP) is 2.25. The topological polar surface area (TPSA) is 38.5 Å². The zero-order valence-electron chi connectivity index (χ0n) is 11.7. The van der Waals surface area contributed by atoms with Gasteiger partial charge in [0.2, 0.25) is 0 Å². The molecule has 0 spiro atoms. The number of likely N-dealkylation sites (N-methyl/N-ethyl adjacent to an activating group) is 1. The third kappa shape index (κ3) is 5.36. The molecule has 1 aliphatic rings. The largest absolute Gasteiger partial charge is 0.380 e. The van der Waals surface area contributed by atoms with Crippen molar-refractivity contribution in [2.75, 3.05) is 39.9 Å². The van der Waals surface area contributed by atoms with Gasteiger partial charge in [-0.3, -0.25) is 0 Å². The van der Waals surface area contributed by atoms with Crippen LogP contribution >= 0.6 is 0 Å². The lowest BCUT2D eigenvalue weighted by Gasteiger charge is -2.35. The van der Waals surface area contributed by atoms with Gasteiger partial charge in [0, 0.05) is 19.7 Å². The maximum Gasteiger partial charge on any atom is 0.0593 e. The first kappa shape index (κ1) is 14.9. The van der Waals surface area contributed by atoms with Crippen molar-refractivity contribution in [2.24, 2.45) is 11.1 Å². The van der Waals surface area contributed by atoms with Crippen LogP contribution < -0.4 is 5.73 Å². The molecule has 17 heavy (non-hydrogen) atoms. The molecule has 3 nitrogen and oxygen atoms in total. The van der Waals surface area contributed by atoms with Crippen LogP contribution in [0.25, 0.3) is 0 Å². The maximum atomic E-state index is 6.05. The molecule has 0 amide bonds. The number of rotatable bonds is 7. The van der Waals surface area contributed by atoms with Gasteiger partial charge in [-0.1, -0.05) is 25.7 Å². The van der Waals surface area contributed by atoms with Gasteiger partial charge >= 0.3 is 0 Å². The molecule has 3 heteroatoms. The van der Waals surface area contributed by atoms with Crippen LogP contribution in [0.5, 0.6) is 0 Å². The van der Waals surface area contributed by atoms with Gasteiger partial charge in [-0.05, 0) is 38.8 Å². The summed E-state index contributed by atoms with van der Waals surface area (Å²) < 4.78 is 5.41. The number of ether oxygens (including phenoxy) is 1. The molecule has 0 aromatic rings. The van der Waals surface area contributed by atoms with E-state index in [2.05, 4.69) is 11.9 Å². The second kappa shape index (κ2) is 8.06. The van der Waals surface area contributed by atoms with Crippen molar-refractivity contribution in [3.05, 3.63) is 0 Å². The van der Waals surface area contributed by atoms with Crippen molar-refractivity contribution in [2.45, 2.75) is 45.4 Å². The molecule has 2 N–H and O–H groups in total. The summed E-state index contributed by atoms with van der Waals surface area (Å²) in [5.41, 5.74) is 6.43. The van der Waals surface area contributed by atoms with E-state index < -0.39 is 0 Å². The monoisotopic (exact) mass is 242 g/mol. The summed E-state index contributed by atoms with van der Waals surface area (Å²) in [6.07, 6.45) is 8.12. The maximum absolute atomic E-state index is 6.05. The Bertz CT molecular complexity index is 189. The molecule has 0 saturated heterocycles. The van der Waals surface area contributed by atoms with Crippen LogP contribution in [0.1, 0.15) is 45.4 Å². The Morgan fingerprint density at radius 1 is 1.18 bits per heavy atom. The summed E-state index contributed by atoms with van der Waals surface area (Å²) in [5, 5.41) is 0. The number of hydrogen-bond donors (Lipinski definition) is 1. The minimum atomic E-state index is 0.372. The van der Waals surface area contributed by atoms with Gasteiger partial charge < -0.3 is 15.4 Å². The quantitative estimate of drug-likeness (QED) is 0.550. The van der Waals surface area contributed by atoms with Crippen molar-refractivity contribution in [1.29, 1.82) is 0 Å². The highest BCUT2D eigenvalue weighted by Crippen LogP contribution is 2.34. The first-order valence-electron chi connectivity index (χ1n) is 7.19. The van der Waals surface area contributed by atoms with Crippen LogP contribution in [-0.2, 0) is 4.74 Å². The Morgan fingerprint density at radius 3 is 2.35 bits per heavy atom. The summed E-state index contributed by atoms with van der Waals surface area (Å²) in [4.78, 5) is 2.40. The molecule has 0 atom stereocenters. The normalized spacial score (nSPS) is 20.5. The molecule has 0 heterocycles. The minimum absolute atomic E-state index is 0.372. The second-order valence-electron chi connectivity index (χ2n) is 5.55. The van der Waals surface area contributed by atoms with E-state index in [9.17, 15) is 0 Å². The first-order valence-corrected chi connectivity index (χ1v) is 7.19. The molecule has 0 aromatic heterocycles. The molecule has 0 aromatic carbocycles. The molecule has 0 unspecified atom stereocenters. The van der Waals surface area contributed by atoms with E-state index in [1.165, 1.54) is 38.5 Å². The number of hydrogen-bond acceptors (Lipinski definition) is 3. The predicted molar refractivity (Wildman–Crippen MR) is 73.2 cm³/mol. The van der Waals surface area contributed by atoms with E-state index >= 15 is 0 Å². The first-order chi connectivity index (χ1) is 8.22. The fourth-order valence-corrected chi connectivity index (χ4v) is 2.92. The van der Waals surface area contributed by atoms with Crippen LogP contribution in [0.15, 0.2) is 0 Å². The Labute approximate surface area is 107 Å². The van der Waals surface area contributed by atoms with E-state index in [4.69, 9.17) is 10.5 Å². The molecule has 1 fully saturated rings. The highest BCUT2D eigenvalue weighted by Gasteiger charge is 2.30. The van der Waals surface area contributed by atoms with Gasteiger partial charge in [0.1, 0.15) is 0 Å². The molecular formula is C14H30N2O. The van der Waals surface area contributed by atoms with E-state index in [-0.39, 0.29) is 0 Å². The standard InChI is InChI=1S/C14H30N2O/c1-3-17-11-10-16(2)13-14(12-15)8-6-4-5-7-9-14/h3-13,15H2,1-2H3. The average Bonchev–Trinajstić information content (AvgIpc) is 2.56. The van der Waals surface area contributed by atoms with E-state index in [0.29, 0.717) is 5.41 Å². The van der Waals surface area contributed by atoms with Gasteiger partial charge in [0.15, 0.2) is 0 Å². The van der Waals surface area contributed by atoms with Crippen LogP contribution in [-0.4, -0.2) is 44.8 Å². The van der Waals surface area contributed by atoms with E-state index in [0.717, 1.165) is 32.8 Å². The van der Waals surface area contributed by atoms with Gasteiger partial charge in [-0.2, -0.15) is 0 Å². The smallest absolute Gasteiger partial charge is 0.0593 e. The molecule has 0 bridgehead atoms. The van der Waals surface area contributed by atoms with Crippen molar-refractivity contribution < 1.29 is 4.74 Å². The lowest BCUT2D eigenvalue weighted by molar-refractivity contribution is 0.0956. The highest BCUT2D eigenvalue weighted by atomic mass is 16.5.